The number of thiophene rings is 1. The predicted octanol–water partition coefficient (Wildman–Crippen LogP) is 3.26. The second-order valence-electron chi connectivity index (χ2n) is 6.44. The first-order valence-corrected chi connectivity index (χ1v) is 11.2. The molecule has 1 amide bonds. The Morgan fingerprint density at radius 3 is 2.75 bits per heavy atom. The van der Waals surface area contributed by atoms with Gasteiger partial charge in [-0.15, -0.1) is 11.3 Å². The minimum atomic E-state index is -3.85. The van der Waals surface area contributed by atoms with Gasteiger partial charge in [0.1, 0.15) is 11.9 Å². The minimum Gasteiger partial charge on any atom is -0.324 e. The minimum absolute atomic E-state index is 0.111. The standard InChI is InChI=1S/C18H19ClFN3O3S2/c1-11(21)12-2-4-16(14(20)10-12)23-8-6-15(18(23)24)22-28(25,26)9-7-13-3-5-17(19)27-13/h2-5,7,9-11,15,22H,6,8,21H2,1H3. The van der Waals surface area contributed by atoms with E-state index in [-0.39, 0.29) is 24.7 Å². The smallest absolute Gasteiger partial charge is 0.245 e. The molecule has 0 saturated carbocycles. The van der Waals surface area contributed by atoms with E-state index < -0.39 is 27.8 Å². The van der Waals surface area contributed by atoms with Crippen molar-refractivity contribution >= 4 is 50.6 Å². The third-order valence-electron chi connectivity index (χ3n) is 4.31. The van der Waals surface area contributed by atoms with Crippen LogP contribution in [0.3, 0.4) is 0 Å². The van der Waals surface area contributed by atoms with Crippen molar-refractivity contribution in [1.29, 1.82) is 0 Å². The van der Waals surface area contributed by atoms with Crippen LogP contribution in [0.1, 0.15) is 29.8 Å². The van der Waals surface area contributed by atoms with E-state index in [0.717, 1.165) is 5.41 Å². The van der Waals surface area contributed by atoms with E-state index in [4.69, 9.17) is 17.3 Å². The Hall–Kier alpha value is -1.78. The van der Waals surface area contributed by atoms with E-state index in [9.17, 15) is 17.6 Å². The molecule has 0 aliphatic carbocycles. The number of anilines is 1. The molecular formula is C18H19ClFN3O3S2. The number of carbonyl (C=O) groups is 1. The molecule has 0 radical (unpaired) electrons. The average molecular weight is 444 g/mol. The Morgan fingerprint density at radius 1 is 1.39 bits per heavy atom. The number of nitrogens with two attached hydrogens (primary N) is 1. The van der Waals surface area contributed by atoms with Crippen LogP contribution < -0.4 is 15.4 Å². The van der Waals surface area contributed by atoms with Crippen LogP contribution in [0.15, 0.2) is 35.7 Å². The zero-order valence-electron chi connectivity index (χ0n) is 14.9. The van der Waals surface area contributed by atoms with Gasteiger partial charge in [0.2, 0.25) is 15.9 Å². The lowest BCUT2D eigenvalue weighted by Crippen LogP contribution is -2.40. The molecule has 0 bridgehead atoms. The highest BCUT2D eigenvalue weighted by molar-refractivity contribution is 7.92. The Balaban J connectivity index is 1.71. The monoisotopic (exact) mass is 443 g/mol. The van der Waals surface area contributed by atoms with E-state index in [0.29, 0.717) is 14.8 Å². The van der Waals surface area contributed by atoms with Crippen LogP contribution in [0.25, 0.3) is 6.08 Å². The largest absolute Gasteiger partial charge is 0.324 e. The third-order valence-corrected chi connectivity index (χ3v) is 6.61. The van der Waals surface area contributed by atoms with Crippen LogP contribution in [-0.4, -0.2) is 26.9 Å². The highest BCUT2D eigenvalue weighted by Gasteiger charge is 2.35. The molecule has 2 aromatic rings. The van der Waals surface area contributed by atoms with Crippen LogP contribution in [0.2, 0.25) is 4.34 Å². The molecule has 2 heterocycles. The second-order valence-corrected chi connectivity index (χ2v) is 9.78. The van der Waals surface area contributed by atoms with Crippen molar-refractivity contribution in [3.05, 3.63) is 56.3 Å². The molecule has 150 valence electrons. The Bertz CT molecular complexity index is 1020. The molecule has 1 aromatic heterocycles. The molecule has 28 heavy (non-hydrogen) atoms. The molecule has 1 aromatic carbocycles. The van der Waals surface area contributed by atoms with E-state index in [1.165, 1.54) is 34.4 Å². The highest BCUT2D eigenvalue weighted by Crippen LogP contribution is 2.27. The summed E-state index contributed by atoms with van der Waals surface area (Å²) in [5.41, 5.74) is 6.47. The van der Waals surface area contributed by atoms with E-state index in [2.05, 4.69) is 4.72 Å². The molecule has 3 rings (SSSR count). The molecule has 1 aliphatic heterocycles. The number of nitrogens with zero attached hydrogens (tertiary/aromatic N) is 1. The van der Waals surface area contributed by atoms with E-state index in [1.807, 2.05) is 0 Å². The zero-order chi connectivity index (χ0) is 20.5. The lowest BCUT2D eigenvalue weighted by molar-refractivity contribution is -0.118. The number of carbonyl (C=O) groups excluding carboxylic acids is 1. The van der Waals surface area contributed by atoms with Crippen molar-refractivity contribution in [3.63, 3.8) is 0 Å². The summed E-state index contributed by atoms with van der Waals surface area (Å²) in [5, 5.41) is 0.989. The normalized spacial score (nSPS) is 18.9. The maximum absolute atomic E-state index is 14.4. The van der Waals surface area contributed by atoms with Crippen LogP contribution >= 0.6 is 22.9 Å². The molecule has 3 N–H and O–H groups in total. The number of hydrogen-bond acceptors (Lipinski definition) is 5. The van der Waals surface area contributed by atoms with Gasteiger partial charge in [-0.1, -0.05) is 17.7 Å². The number of sulfonamides is 1. The fraction of sp³-hybridized carbons (Fsp3) is 0.278. The average Bonchev–Trinajstić information content (AvgIpc) is 3.19. The Labute approximate surface area is 171 Å². The Kier molecular flexibility index (Phi) is 6.21. The van der Waals surface area contributed by atoms with Crippen LogP contribution in [-0.2, 0) is 14.8 Å². The van der Waals surface area contributed by atoms with Gasteiger partial charge in [0.15, 0.2) is 0 Å². The number of nitrogens with one attached hydrogen (secondary N) is 1. The molecule has 2 unspecified atom stereocenters. The van der Waals surface area contributed by atoms with Crippen LogP contribution in [0, 0.1) is 5.82 Å². The third kappa shape index (κ3) is 4.79. The van der Waals surface area contributed by atoms with Gasteiger partial charge in [-0.25, -0.2) is 12.8 Å². The first kappa shape index (κ1) is 20.9. The van der Waals surface area contributed by atoms with Gasteiger partial charge in [-0.05, 0) is 49.2 Å². The number of amides is 1. The fourth-order valence-electron chi connectivity index (χ4n) is 2.87. The van der Waals surface area contributed by atoms with Gasteiger partial charge >= 0.3 is 0 Å². The molecule has 1 aliphatic rings. The van der Waals surface area contributed by atoms with Gasteiger partial charge in [0.05, 0.1) is 10.0 Å². The Morgan fingerprint density at radius 2 is 2.14 bits per heavy atom. The van der Waals surface area contributed by atoms with Gasteiger partial charge < -0.3 is 10.6 Å². The maximum atomic E-state index is 14.4. The van der Waals surface area contributed by atoms with Crippen LogP contribution in [0.5, 0.6) is 0 Å². The molecule has 1 fully saturated rings. The second kappa shape index (κ2) is 8.30. The summed E-state index contributed by atoms with van der Waals surface area (Å²) in [6.07, 6.45) is 1.65. The molecule has 2 atom stereocenters. The molecular weight excluding hydrogens is 425 g/mol. The summed E-state index contributed by atoms with van der Waals surface area (Å²) in [5.74, 6) is -1.07. The maximum Gasteiger partial charge on any atom is 0.245 e. The van der Waals surface area contributed by atoms with Crippen molar-refractivity contribution in [2.24, 2.45) is 5.73 Å². The molecule has 10 heteroatoms. The van der Waals surface area contributed by atoms with Crippen LogP contribution in [0.4, 0.5) is 10.1 Å². The number of hydrogen-bond donors (Lipinski definition) is 2. The van der Waals surface area contributed by atoms with Gasteiger partial charge in [0.25, 0.3) is 0 Å². The number of benzene rings is 1. The predicted molar refractivity (Wildman–Crippen MR) is 110 cm³/mol. The molecule has 6 nitrogen and oxygen atoms in total. The number of halogens is 2. The van der Waals surface area contributed by atoms with Crippen molar-refractivity contribution in [1.82, 2.24) is 4.72 Å². The van der Waals surface area contributed by atoms with Gasteiger partial charge in [-0.2, -0.15) is 4.72 Å². The SMILES string of the molecule is CC(N)c1ccc(N2CCC(NS(=O)(=O)C=Cc3ccc(Cl)s3)C2=O)c(F)c1. The zero-order valence-corrected chi connectivity index (χ0v) is 17.3. The van der Waals surface area contributed by atoms with Crippen molar-refractivity contribution in [2.45, 2.75) is 25.4 Å². The summed E-state index contributed by atoms with van der Waals surface area (Å²) < 4.78 is 41.8. The van der Waals surface area contributed by atoms with Crippen molar-refractivity contribution in [2.75, 3.05) is 11.4 Å². The summed E-state index contributed by atoms with van der Waals surface area (Å²) in [7, 11) is -3.85. The van der Waals surface area contributed by atoms with E-state index in [1.54, 1.807) is 25.1 Å². The lowest BCUT2D eigenvalue weighted by atomic mass is 10.1. The number of rotatable bonds is 6. The lowest BCUT2D eigenvalue weighted by Gasteiger charge is -2.19. The fourth-order valence-corrected chi connectivity index (χ4v) is 4.94. The summed E-state index contributed by atoms with van der Waals surface area (Å²) in [6.45, 7) is 1.95. The summed E-state index contributed by atoms with van der Waals surface area (Å²) in [4.78, 5) is 14.5. The van der Waals surface area contributed by atoms with Gasteiger partial charge in [0, 0.05) is 22.9 Å². The first-order chi connectivity index (χ1) is 13.2. The quantitative estimate of drug-likeness (QED) is 0.716. The topological polar surface area (TPSA) is 92.5 Å². The highest BCUT2D eigenvalue weighted by atomic mass is 35.5. The summed E-state index contributed by atoms with van der Waals surface area (Å²) in [6, 6.07) is 6.51. The summed E-state index contributed by atoms with van der Waals surface area (Å²) >= 11 is 7.05. The first-order valence-electron chi connectivity index (χ1n) is 8.48. The van der Waals surface area contributed by atoms with E-state index >= 15 is 0 Å². The van der Waals surface area contributed by atoms with Gasteiger partial charge in [-0.3, -0.25) is 4.79 Å². The molecule has 0 spiro atoms. The van der Waals surface area contributed by atoms with Crippen molar-refractivity contribution in [3.8, 4) is 0 Å². The molecule has 1 saturated heterocycles. The van der Waals surface area contributed by atoms with Crippen molar-refractivity contribution < 1.29 is 17.6 Å².